The molecule has 0 bridgehead atoms. The van der Waals surface area contributed by atoms with E-state index in [0.29, 0.717) is 5.41 Å². The third-order valence-electron chi connectivity index (χ3n) is 5.00. The van der Waals surface area contributed by atoms with Gasteiger partial charge in [0.25, 0.3) is 0 Å². The van der Waals surface area contributed by atoms with Gasteiger partial charge in [0, 0.05) is 0 Å². The first kappa shape index (κ1) is 18.1. The zero-order valence-electron chi connectivity index (χ0n) is 14.8. The topological polar surface area (TPSA) is 0 Å². The molecule has 2 atom stereocenters. The molecule has 20 heavy (non-hydrogen) atoms. The summed E-state index contributed by atoms with van der Waals surface area (Å²) in [6, 6.07) is 0. The molecule has 0 aromatic rings. The van der Waals surface area contributed by atoms with Gasteiger partial charge in [0.2, 0.25) is 0 Å². The van der Waals surface area contributed by atoms with Crippen LogP contribution >= 0.6 is 0 Å². The van der Waals surface area contributed by atoms with E-state index in [2.05, 4.69) is 27.7 Å². The average Bonchev–Trinajstić information content (AvgIpc) is 3.11. The zero-order valence-corrected chi connectivity index (χ0v) is 14.8. The molecule has 0 spiro atoms. The molecule has 0 amide bonds. The molecule has 0 saturated heterocycles. The third kappa shape index (κ3) is 9.83. The molecule has 0 heteroatoms. The van der Waals surface area contributed by atoms with Crippen LogP contribution in [-0.2, 0) is 0 Å². The smallest absolute Gasteiger partial charge is 0.0383 e. The van der Waals surface area contributed by atoms with Crippen LogP contribution in [0.15, 0.2) is 0 Å². The van der Waals surface area contributed by atoms with E-state index >= 15 is 0 Å². The van der Waals surface area contributed by atoms with Crippen LogP contribution in [0.25, 0.3) is 0 Å². The Kier molecular flexibility index (Phi) is 8.89. The fraction of sp³-hybridized carbons (Fsp3) is 1.00. The highest BCUT2D eigenvalue weighted by molar-refractivity contribution is 4.85. The van der Waals surface area contributed by atoms with Gasteiger partial charge in [0.05, 0.1) is 0 Å². The molecule has 0 aromatic carbocycles. The summed E-state index contributed by atoms with van der Waals surface area (Å²) in [4.78, 5) is 0. The highest BCUT2D eigenvalue weighted by Gasteiger charge is 2.35. The van der Waals surface area contributed by atoms with Crippen LogP contribution in [-0.4, -0.2) is 0 Å². The molecule has 0 radical (unpaired) electrons. The summed E-state index contributed by atoms with van der Waals surface area (Å²) in [6.07, 6.45) is 19.2. The molecule has 0 nitrogen and oxygen atoms in total. The van der Waals surface area contributed by atoms with Gasteiger partial charge in [-0.25, -0.2) is 0 Å². The van der Waals surface area contributed by atoms with Crippen LogP contribution < -0.4 is 0 Å². The van der Waals surface area contributed by atoms with Gasteiger partial charge < -0.3 is 0 Å². The van der Waals surface area contributed by atoms with Crippen molar-refractivity contribution in [3.8, 4) is 0 Å². The van der Waals surface area contributed by atoms with E-state index in [-0.39, 0.29) is 0 Å². The van der Waals surface area contributed by atoms with Crippen molar-refractivity contribution in [3.05, 3.63) is 0 Å². The summed E-state index contributed by atoms with van der Waals surface area (Å²) < 4.78 is 0. The molecule has 0 aliphatic heterocycles. The van der Waals surface area contributed by atoms with Crippen LogP contribution in [0.3, 0.4) is 0 Å². The second-order valence-corrected chi connectivity index (χ2v) is 8.47. The average molecular weight is 281 g/mol. The molecule has 1 rings (SSSR count). The maximum Gasteiger partial charge on any atom is -0.0383 e. The van der Waals surface area contributed by atoms with Gasteiger partial charge in [-0.15, -0.1) is 0 Å². The highest BCUT2D eigenvalue weighted by atomic mass is 14.4. The van der Waals surface area contributed by atoms with Crippen molar-refractivity contribution in [1.82, 2.24) is 0 Å². The van der Waals surface area contributed by atoms with Crippen LogP contribution in [0.1, 0.15) is 111 Å². The van der Waals surface area contributed by atoms with Crippen molar-refractivity contribution >= 4 is 0 Å². The van der Waals surface area contributed by atoms with Crippen molar-refractivity contribution in [3.63, 3.8) is 0 Å². The molecule has 1 fully saturated rings. The predicted molar refractivity (Wildman–Crippen MR) is 92.1 cm³/mol. The lowest BCUT2D eigenvalue weighted by atomic mass is 9.89. The largest absolute Gasteiger partial charge is 0.0654 e. The van der Waals surface area contributed by atoms with Crippen LogP contribution in [0, 0.1) is 17.3 Å². The Morgan fingerprint density at radius 3 is 1.75 bits per heavy atom. The number of hydrogen-bond acceptors (Lipinski definition) is 0. The lowest BCUT2D eigenvalue weighted by molar-refractivity contribution is 0.354. The van der Waals surface area contributed by atoms with Gasteiger partial charge in [-0.3, -0.25) is 0 Å². The highest BCUT2D eigenvalue weighted by Crippen LogP contribution is 2.46. The van der Waals surface area contributed by atoms with Crippen molar-refractivity contribution in [2.75, 3.05) is 0 Å². The van der Waals surface area contributed by atoms with E-state index < -0.39 is 0 Å². The molecule has 1 saturated carbocycles. The van der Waals surface area contributed by atoms with Gasteiger partial charge in [-0.1, -0.05) is 98.3 Å². The zero-order chi connectivity index (χ0) is 14.8. The minimum absolute atomic E-state index is 0.542. The number of hydrogen-bond donors (Lipinski definition) is 0. The normalized spacial score (nSPS) is 22.2. The molecule has 120 valence electrons. The minimum Gasteiger partial charge on any atom is -0.0654 e. The van der Waals surface area contributed by atoms with E-state index in [1.165, 1.54) is 77.0 Å². The van der Waals surface area contributed by atoms with Gasteiger partial charge in [0.15, 0.2) is 0 Å². The maximum absolute atomic E-state index is 2.37. The second-order valence-electron chi connectivity index (χ2n) is 8.47. The van der Waals surface area contributed by atoms with Gasteiger partial charge in [0.1, 0.15) is 0 Å². The van der Waals surface area contributed by atoms with Crippen LogP contribution in [0.5, 0.6) is 0 Å². The van der Waals surface area contributed by atoms with Crippen molar-refractivity contribution in [2.24, 2.45) is 17.3 Å². The lowest BCUT2D eigenvalue weighted by Crippen LogP contribution is -2.04. The summed E-state index contributed by atoms with van der Waals surface area (Å²) in [5, 5.41) is 0. The fourth-order valence-corrected chi connectivity index (χ4v) is 3.44. The van der Waals surface area contributed by atoms with Gasteiger partial charge in [-0.2, -0.15) is 0 Å². The second kappa shape index (κ2) is 9.85. The van der Waals surface area contributed by atoms with Crippen molar-refractivity contribution < 1.29 is 0 Å². The Bertz CT molecular complexity index is 223. The van der Waals surface area contributed by atoms with Crippen molar-refractivity contribution in [1.29, 1.82) is 0 Å². The van der Waals surface area contributed by atoms with Crippen molar-refractivity contribution in [2.45, 2.75) is 111 Å². The first-order valence-corrected chi connectivity index (χ1v) is 9.53. The molecular formula is C20H40. The summed E-state index contributed by atoms with van der Waals surface area (Å²) in [6.45, 7) is 9.41. The van der Waals surface area contributed by atoms with E-state index in [1.54, 1.807) is 6.42 Å². The SMILES string of the molecule is CCCCCCCCCC1CC1CCCCC(C)(C)C. The first-order valence-electron chi connectivity index (χ1n) is 9.53. The predicted octanol–water partition coefficient (Wildman–Crippen LogP) is 7.37. The summed E-state index contributed by atoms with van der Waals surface area (Å²) in [5.41, 5.74) is 0.542. The van der Waals surface area contributed by atoms with Crippen LogP contribution in [0.4, 0.5) is 0 Å². The number of unbranched alkanes of at least 4 members (excludes halogenated alkanes) is 7. The molecule has 2 unspecified atom stereocenters. The van der Waals surface area contributed by atoms with E-state index in [9.17, 15) is 0 Å². The Morgan fingerprint density at radius 1 is 0.700 bits per heavy atom. The maximum atomic E-state index is 2.37. The molecular weight excluding hydrogens is 240 g/mol. The Balaban J connectivity index is 1.82. The van der Waals surface area contributed by atoms with E-state index in [1.807, 2.05) is 0 Å². The number of rotatable bonds is 12. The first-order chi connectivity index (χ1) is 9.53. The van der Waals surface area contributed by atoms with Gasteiger partial charge >= 0.3 is 0 Å². The Morgan fingerprint density at radius 2 is 1.20 bits per heavy atom. The fourth-order valence-electron chi connectivity index (χ4n) is 3.44. The van der Waals surface area contributed by atoms with E-state index in [0.717, 1.165) is 11.8 Å². The Hall–Kier alpha value is 0. The molecule has 0 aromatic heterocycles. The molecule has 1 aliphatic rings. The van der Waals surface area contributed by atoms with Crippen LogP contribution in [0.2, 0.25) is 0 Å². The monoisotopic (exact) mass is 280 g/mol. The third-order valence-corrected chi connectivity index (χ3v) is 5.00. The summed E-state index contributed by atoms with van der Waals surface area (Å²) in [5.74, 6) is 2.25. The Labute approximate surface area is 129 Å². The summed E-state index contributed by atoms with van der Waals surface area (Å²) >= 11 is 0. The molecule has 1 aliphatic carbocycles. The standard InChI is InChI=1S/C20H40/c1-5-6-7-8-9-10-11-14-18-17-19(18)15-12-13-16-20(2,3)4/h18-19H,5-17H2,1-4H3. The quantitative estimate of drug-likeness (QED) is 0.327. The van der Waals surface area contributed by atoms with Gasteiger partial charge in [-0.05, 0) is 30.1 Å². The summed E-state index contributed by atoms with van der Waals surface area (Å²) in [7, 11) is 0. The van der Waals surface area contributed by atoms with E-state index in [4.69, 9.17) is 0 Å². The lowest BCUT2D eigenvalue weighted by Gasteiger charge is -2.17. The molecule has 0 N–H and O–H groups in total. The molecule has 0 heterocycles. The minimum atomic E-state index is 0.542.